The normalized spacial score (nSPS) is 11.5. The number of aliphatic imine (C=N–C) groups is 1. The van der Waals surface area contributed by atoms with Crippen LogP contribution in [0, 0.1) is 0 Å². The summed E-state index contributed by atoms with van der Waals surface area (Å²) in [5, 5.41) is 12.8. The van der Waals surface area contributed by atoms with Crippen molar-refractivity contribution in [3.05, 3.63) is 60.5 Å². The fourth-order valence-electron chi connectivity index (χ4n) is 2.55. The molecule has 0 amide bonds. The van der Waals surface area contributed by atoms with Crippen molar-refractivity contribution < 1.29 is 9.26 Å². The van der Waals surface area contributed by atoms with Crippen LogP contribution >= 0.6 is 0 Å². The standard InChI is InChI=1S/C20H24N4O2/c1-2-21-20(23-15-18-10-13-26-24-18)22-11-5-12-25-19-9-8-16-6-3-4-7-17(16)14-19/h3-4,6-10,13-14H,2,5,11-12,15H2,1H3,(H2,21,22,23). The molecule has 0 fully saturated rings. The molecule has 0 unspecified atom stereocenters. The minimum absolute atomic E-state index is 0.486. The summed E-state index contributed by atoms with van der Waals surface area (Å²) in [4.78, 5) is 4.48. The largest absolute Gasteiger partial charge is 0.494 e. The van der Waals surface area contributed by atoms with Gasteiger partial charge in [0.1, 0.15) is 17.7 Å². The minimum Gasteiger partial charge on any atom is -0.494 e. The molecular formula is C20H24N4O2. The molecule has 0 spiro atoms. The highest BCUT2D eigenvalue weighted by molar-refractivity contribution is 5.83. The van der Waals surface area contributed by atoms with Gasteiger partial charge in [-0.3, -0.25) is 0 Å². The fraction of sp³-hybridized carbons (Fsp3) is 0.300. The zero-order chi connectivity index (χ0) is 18.0. The Morgan fingerprint density at radius 1 is 1.12 bits per heavy atom. The monoisotopic (exact) mass is 352 g/mol. The van der Waals surface area contributed by atoms with Gasteiger partial charge in [-0.2, -0.15) is 0 Å². The maximum absolute atomic E-state index is 5.85. The third-order valence-corrected chi connectivity index (χ3v) is 3.84. The van der Waals surface area contributed by atoms with E-state index in [1.807, 2.05) is 31.2 Å². The number of guanidine groups is 1. The second-order valence-electron chi connectivity index (χ2n) is 5.82. The Kier molecular flexibility index (Phi) is 6.47. The van der Waals surface area contributed by atoms with E-state index in [2.05, 4.69) is 45.0 Å². The highest BCUT2D eigenvalue weighted by Gasteiger charge is 2.00. The second kappa shape index (κ2) is 9.46. The zero-order valence-corrected chi connectivity index (χ0v) is 14.9. The zero-order valence-electron chi connectivity index (χ0n) is 14.9. The molecule has 1 aromatic heterocycles. The lowest BCUT2D eigenvalue weighted by atomic mass is 10.1. The first-order chi connectivity index (χ1) is 12.8. The topological polar surface area (TPSA) is 71.7 Å². The summed E-state index contributed by atoms with van der Waals surface area (Å²) in [6, 6.07) is 16.3. The Balaban J connectivity index is 1.42. The van der Waals surface area contributed by atoms with Gasteiger partial charge in [0.05, 0.1) is 13.2 Å². The van der Waals surface area contributed by atoms with E-state index in [1.54, 1.807) is 6.26 Å². The van der Waals surface area contributed by atoms with Gasteiger partial charge in [-0.1, -0.05) is 35.5 Å². The highest BCUT2D eigenvalue weighted by Crippen LogP contribution is 2.20. The molecule has 0 aliphatic rings. The number of hydrogen-bond donors (Lipinski definition) is 2. The lowest BCUT2D eigenvalue weighted by Crippen LogP contribution is -2.38. The van der Waals surface area contributed by atoms with Gasteiger partial charge in [-0.05, 0) is 36.2 Å². The van der Waals surface area contributed by atoms with Crippen LogP contribution in [0.3, 0.4) is 0 Å². The summed E-state index contributed by atoms with van der Waals surface area (Å²) < 4.78 is 10.7. The third kappa shape index (κ3) is 5.24. The molecule has 26 heavy (non-hydrogen) atoms. The number of nitrogens with one attached hydrogen (secondary N) is 2. The first kappa shape index (κ1) is 17.8. The van der Waals surface area contributed by atoms with Crippen molar-refractivity contribution in [3.63, 3.8) is 0 Å². The van der Waals surface area contributed by atoms with E-state index >= 15 is 0 Å². The van der Waals surface area contributed by atoms with Gasteiger partial charge in [0, 0.05) is 19.2 Å². The van der Waals surface area contributed by atoms with Crippen molar-refractivity contribution in [1.29, 1.82) is 0 Å². The Labute approximate surface area is 153 Å². The van der Waals surface area contributed by atoms with Gasteiger partial charge in [0.15, 0.2) is 5.96 Å². The van der Waals surface area contributed by atoms with Gasteiger partial charge >= 0.3 is 0 Å². The summed E-state index contributed by atoms with van der Waals surface area (Å²) in [6.07, 6.45) is 2.43. The number of aromatic nitrogens is 1. The summed E-state index contributed by atoms with van der Waals surface area (Å²) in [5.74, 6) is 1.66. The number of ether oxygens (including phenoxy) is 1. The summed E-state index contributed by atoms with van der Waals surface area (Å²) >= 11 is 0. The molecule has 1 heterocycles. The summed E-state index contributed by atoms with van der Waals surface area (Å²) in [6.45, 7) is 4.75. The fourth-order valence-corrected chi connectivity index (χ4v) is 2.55. The van der Waals surface area contributed by atoms with Gasteiger partial charge in [-0.15, -0.1) is 0 Å². The van der Waals surface area contributed by atoms with Crippen molar-refractivity contribution >= 4 is 16.7 Å². The molecule has 6 nitrogen and oxygen atoms in total. The predicted octanol–water partition coefficient (Wildman–Crippen LogP) is 3.35. The smallest absolute Gasteiger partial charge is 0.191 e. The van der Waals surface area contributed by atoms with Crippen molar-refractivity contribution in [2.45, 2.75) is 19.9 Å². The molecule has 0 aliphatic carbocycles. The number of rotatable bonds is 8. The van der Waals surface area contributed by atoms with Crippen LogP contribution < -0.4 is 15.4 Å². The van der Waals surface area contributed by atoms with Crippen LogP contribution in [-0.4, -0.2) is 30.8 Å². The van der Waals surface area contributed by atoms with Crippen LogP contribution in [0.25, 0.3) is 10.8 Å². The third-order valence-electron chi connectivity index (χ3n) is 3.84. The number of fused-ring (bicyclic) bond motifs is 1. The van der Waals surface area contributed by atoms with Crippen LogP contribution in [0.5, 0.6) is 5.75 Å². The van der Waals surface area contributed by atoms with E-state index in [1.165, 1.54) is 10.8 Å². The van der Waals surface area contributed by atoms with Crippen LogP contribution in [0.4, 0.5) is 0 Å². The lowest BCUT2D eigenvalue weighted by Gasteiger charge is -2.11. The molecule has 136 valence electrons. The Bertz CT molecular complexity index is 831. The number of hydrogen-bond acceptors (Lipinski definition) is 4. The molecule has 2 aromatic carbocycles. The van der Waals surface area contributed by atoms with Crippen molar-refractivity contribution in [2.24, 2.45) is 4.99 Å². The average molecular weight is 352 g/mol. The lowest BCUT2D eigenvalue weighted by molar-refractivity contribution is 0.311. The van der Waals surface area contributed by atoms with Crippen molar-refractivity contribution in [2.75, 3.05) is 19.7 Å². The molecule has 0 bridgehead atoms. The maximum Gasteiger partial charge on any atom is 0.191 e. The Morgan fingerprint density at radius 2 is 2.00 bits per heavy atom. The quantitative estimate of drug-likeness (QED) is 0.369. The van der Waals surface area contributed by atoms with E-state index < -0.39 is 0 Å². The van der Waals surface area contributed by atoms with Crippen molar-refractivity contribution in [3.8, 4) is 5.75 Å². The molecule has 0 saturated carbocycles. The molecule has 0 aliphatic heterocycles. The molecule has 2 N–H and O–H groups in total. The van der Waals surface area contributed by atoms with Crippen LogP contribution in [0.2, 0.25) is 0 Å². The number of benzene rings is 2. The SMILES string of the molecule is CCNC(=NCc1ccon1)NCCCOc1ccc2ccccc2c1. The van der Waals surface area contributed by atoms with Crippen LogP contribution in [0.15, 0.2) is 64.3 Å². The van der Waals surface area contributed by atoms with Crippen molar-refractivity contribution in [1.82, 2.24) is 15.8 Å². The molecule has 6 heteroatoms. The van der Waals surface area contributed by atoms with Gasteiger partial charge < -0.3 is 19.9 Å². The first-order valence-corrected chi connectivity index (χ1v) is 8.88. The van der Waals surface area contributed by atoms with E-state index in [-0.39, 0.29) is 0 Å². The minimum atomic E-state index is 0.486. The first-order valence-electron chi connectivity index (χ1n) is 8.88. The van der Waals surface area contributed by atoms with Crippen LogP contribution in [0.1, 0.15) is 19.0 Å². The Hall–Kier alpha value is -3.02. The molecule has 3 aromatic rings. The molecule has 0 radical (unpaired) electrons. The van der Waals surface area contributed by atoms with E-state index in [9.17, 15) is 0 Å². The molecule has 0 atom stereocenters. The molecule has 0 saturated heterocycles. The summed E-state index contributed by atoms with van der Waals surface area (Å²) in [5.41, 5.74) is 0.807. The van der Waals surface area contributed by atoms with Gasteiger partial charge in [-0.25, -0.2) is 4.99 Å². The molecular weight excluding hydrogens is 328 g/mol. The van der Waals surface area contributed by atoms with E-state index in [4.69, 9.17) is 9.26 Å². The highest BCUT2D eigenvalue weighted by atomic mass is 16.5. The second-order valence-corrected chi connectivity index (χ2v) is 5.82. The number of nitrogens with zero attached hydrogens (tertiary/aromatic N) is 2. The van der Waals surface area contributed by atoms with E-state index in [0.29, 0.717) is 13.2 Å². The Morgan fingerprint density at radius 3 is 2.81 bits per heavy atom. The predicted molar refractivity (Wildman–Crippen MR) is 103 cm³/mol. The van der Waals surface area contributed by atoms with Gasteiger partial charge in [0.2, 0.25) is 0 Å². The van der Waals surface area contributed by atoms with Crippen LogP contribution in [-0.2, 0) is 6.54 Å². The van der Waals surface area contributed by atoms with Gasteiger partial charge in [0.25, 0.3) is 0 Å². The summed E-state index contributed by atoms with van der Waals surface area (Å²) in [7, 11) is 0. The maximum atomic E-state index is 5.85. The van der Waals surface area contributed by atoms with E-state index in [0.717, 1.165) is 36.9 Å². The average Bonchev–Trinajstić information content (AvgIpc) is 3.19. The molecule has 3 rings (SSSR count).